The highest BCUT2D eigenvalue weighted by atomic mass is 32.1. The van der Waals surface area contributed by atoms with E-state index < -0.39 is 5.60 Å². The van der Waals surface area contributed by atoms with Gasteiger partial charge in [0.05, 0.1) is 10.7 Å². The third-order valence-electron chi connectivity index (χ3n) is 5.85. The van der Waals surface area contributed by atoms with Crippen LogP contribution in [0.2, 0.25) is 0 Å². The number of ether oxygens (including phenoxy) is 1. The number of thiazole rings is 1. The van der Waals surface area contributed by atoms with Crippen molar-refractivity contribution < 1.29 is 14.3 Å². The molecule has 8 heteroatoms. The van der Waals surface area contributed by atoms with E-state index in [0.29, 0.717) is 18.4 Å². The van der Waals surface area contributed by atoms with E-state index in [1.807, 2.05) is 32.6 Å². The van der Waals surface area contributed by atoms with E-state index >= 15 is 0 Å². The van der Waals surface area contributed by atoms with Gasteiger partial charge in [-0.3, -0.25) is 9.69 Å². The fourth-order valence-corrected chi connectivity index (χ4v) is 4.81. The Labute approximate surface area is 184 Å². The molecule has 1 aromatic rings. The lowest BCUT2D eigenvalue weighted by molar-refractivity contribution is -0.138. The molecule has 0 unspecified atom stereocenters. The van der Waals surface area contributed by atoms with Crippen molar-refractivity contribution in [1.82, 2.24) is 20.1 Å². The highest BCUT2D eigenvalue weighted by molar-refractivity contribution is 7.09. The van der Waals surface area contributed by atoms with Gasteiger partial charge in [-0.25, -0.2) is 9.78 Å². The van der Waals surface area contributed by atoms with Gasteiger partial charge < -0.3 is 15.0 Å². The number of carbonyl (C=O) groups excluding carboxylic acids is 2. The zero-order valence-electron chi connectivity index (χ0n) is 18.8. The predicted octanol–water partition coefficient (Wildman–Crippen LogP) is 3.43. The third-order valence-corrected chi connectivity index (χ3v) is 6.67. The molecule has 0 spiro atoms. The quantitative estimate of drug-likeness (QED) is 0.765. The Kier molecular flexibility index (Phi) is 7.74. The van der Waals surface area contributed by atoms with Crippen molar-refractivity contribution in [2.45, 2.75) is 65.5 Å². The normalized spacial score (nSPS) is 19.7. The van der Waals surface area contributed by atoms with Gasteiger partial charge in [0.25, 0.3) is 0 Å². The van der Waals surface area contributed by atoms with Crippen LogP contribution in [0.4, 0.5) is 4.79 Å². The van der Waals surface area contributed by atoms with Gasteiger partial charge in [0.1, 0.15) is 5.60 Å². The number of aromatic nitrogens is 1. The minimum atomic E-state index is -0.478. The Bertz CT molecular complexity index is 714. The summed E-state index contributed by atoms with van der Waals surface area (Å²) in [5, 5.41) is 6.11. The molecule has 1 N–H and O–H groups in total. The van der Waals surface area contributed by atoms with Crippen LogP contribution < -0.4 is 5.32 Å². The molecule has 2 aliphatic rings. The number of carbonyl (C=O) groups is 2. The lowest BCUT2D eigenvalue weighted by atomic mass is 9.92. The summed E-state index contributed by atoms with van der Waals surface area (Å²) in [5.74, 6) is 0.873. The number of aryl methyl sites for hydroxylation is 1. The maximum absolute atomic E-state index is 13.0. The second-order valence-electron chi connectivity index (χ2n) is 9.56. The summed E-state index contributed by atoms with van der Waals surface area (Å²) in [6.07, 6.45) is 3.37. The molecule has 30 heavy (non-hydrogen) atoms. The Morgan fingerprint density at radius 1 is 1.17 bits per heavy atom. The van der Waals surface area contributed by atoms with Crippen LogP contribution in [0, 0.1) is 18.8 Å². The number of piperidine rings is 2. The number of nitrogens with one attached hydrogen (secondary N) is 1. The molecule has 0 aromatic carbocycles. The second-order valence-corrected chi connectivity index (χ2v) is 10.6. The standard InChI is InChI=1S/C22H36N4O3S/c1-16-24-19(15-30-16)14-25-9-7-18(8-10-25)20(27)26-11-5-17(6-12-26)13-23-21(28)29-22(2,3)4/h15,17-18H,5-14H2,1-4H3,(H,23,28). The Hall–Kier alpha value is -1.67. The molecule has 7 nitrogen and oxygen atoms in total. The van der Waals surface area contributed by atoms with E-state index in [9.17, 15) is 9.59 Å². The van der Waals surface area contributed by atoms with Gasteiger partial charge in [-0.2, -0.15) is 0 Å². The minimum Gasteiger partial charge on any atom is -0.444 e. The number of hydrogen-bond donors (Lipinski definition) is 1. The summed E-state index contributed by atoms with van der Waals surface area (Å²) < 4.78 is 5.29. The van der Waals surface area contributed by atoms with Crippen LogP contribution in [0.3, 0.4) is 0 Å². The van der Waals surface area contributed by atoms with E-state index in [1.165, 1.54) is 0 Å². The van der Waals surface area contributed by atoms with Crippen LogP contribution in [0.15, 0.2) is 5.38 Å². The number of nitrogens with zero attached hydrogens (tertiary/aromatic N) is 3. The highest BCUT2D eigenvalue weighted by Gasteiger charge is 2.31. The van der Waals surface area contributed by atoms with Crippen LogP contribution in [0.25, 0.3) is 0 Å². The zero-order chi connectivity index (χ0) is 21.7. The molecule has 0 aliphatic carbocycles. The van der Waals surface area contributed by atoms with Crippen LogP contribution in [0.5, 0.6) is 0 Å². The van der Waals surface area contributed by atoms with Crippen LogP contribution in [0.1, 0.15) is 57.2 Å². The summed E-state index contributed by atoms with van der Waals surface area (Å²) >= 11 is 1.70. The average molecular weight is 437 g/mol. The summed E-state index contributed by atoms with van der Waals surface area (Å²) in [6, 6.07) is 0. The van der Waals surface area contributed by atoms with E-state index in [2.05, 4.69) is 20.6 Å². The van der Waals surface area contributed by atoms with Crippen molar-refractivity contribution in [3.05, 3.63) is 16.1 Å². The summed E-state index contributed by atoms with van der Waals surface area (Å²) in [5.41, 5.74) is 0.665. The third kappa shape index (κ3) is 6.94. The molecular formula is C22H36N4O3S. The predicted molar refractivity (Wildman–Crippen MR) is 118 cm³/mol. The SMILES string of the molecule is Cc1nc(CN2CCC(C(=O)N3CCC(CNC(=O)OC(C)(C)C)CC3)CC2)cs1. The topological polar surface area (TPSA) is 74.8 Å². The minimum absolute atomic E-state index is 0.148. The Balaban J connectivity index is 1.35. The van der Waals surface area contributed by atoms with Crippen LogP contribution in [-0.4, -0.2) is 65.1 Å². The molecular weight excluding hydrogens is 400 g/mol. The smallest absolute Gasteiger partial charge is 0.407 e. The van der Waals surface area contributed by atoms with Gasteiger partial charge >= 0.3 is 6.09 Å². The van der Waals surface area contributed by atoms with Crippen LogP contribution in [-0.2, 0) is 16.1 Å². The number of alkyl carbamates (subject to hydrolysis) is 1. The molecule has 3 rings (SSSR count). The van der Waals surface area contributed by atoms with Gasteiger partial charge in [-0.05, 0) is 72.4 Å². The van der Waals surface area contributed by atoms with Gasteiger partial charge in [-0.1, -0.05) is 0 Å². The first-order valence-corrected chi connectivity index (χ1v) is 12.0. The van der Waals surface area contributed by atoms with E-state index in [0.717, 1.165) is 69.1 Å². The number of likely N-dealkylation sites (tertiary alicyclic amines) is 2. The van der Waals surface area contributed by atoms with Crippen molar-refractivity contribution in [3.63, 3.8) is 0 Å². The second kappa shape index (κ2) is 10.1. The molecule has 2 saturated heterocycles. The fraction of sp³-hybridized carbons (Fsp3) is 0.773. The first-order chi connectivity index (χ1) is 14.2. The highest BCUT2D eigenvalue weighted by Crippen LogP contribution is 2.25. The monoisotopic (exact) mass is 436 g/mol. The maximum Gasteiger partial charge on any atom is 0.407 e. The van der Waals surface area contributed by atoms with Crippen molar-refractivity contribution in [1.29, 1.82) is 0 Å². The summed E-state index contributed by atoms with van der Waals surface area (Å²) in [4.78, 5) is 33.8. The zero-order valence-corrected chi connectivity index (χ0v) is 19.6. The number of rotatable bonds is 5. The molecule has 0 radical (unpaired) electrons. The van der Waals surface area contributed by atoms with Gasteiger partial charge in [0, 0.05) is 37.5 Å². The van der Waals surface area contributed by atoms with Crippen molar-refractivity contribution in [2.75, 3.05) is 32.7 Å². The maximum atomic E-state index is 13.0. The summed E-state index contributed by atoms with van der Waals surface area (Å²) in [7, 11) is 0. The lowest BCUT2D eigenvalue weighted by Crippen LogP contribution is -2.46. The molecule has 0 atom stereocenters. The van der Waals surface area contributed by atoms with Crippen molar-refractivity contribution in [3.8, 4) is 0 Å². The Morgan fingerprint density at radius 3 is 2.40 bits per heavy atom. The average Bonchev–Trinajstić information content (AvgIpc) is 3.10. The molecule has 0 saturated carbocycles. The van der Waals surface area contributed by atoms with E-state index in [1.54, 1.807) is 11.3 Å². The van der Waals surface area contributed by atoms with Gasteiger partial charge in [-0.15, -0.1) is 11.3 Å². The van der Waals surface area contributed by atoms with E-state index in [-0.39, 0.29) is 12.0 Å². The van der Waals surface area contributed by atoms with Gasteiger partial charge in [0.15, 0.2) is 0 Å². The molecule has 3 heterocycles. The Morgan fingerprint density at radius 2 is 1.83 bits per heavy atom. The molecule has 0 bridgehead atoms. The summed E-state index contributed by atoms with van der Waals surface area (Å²) in [6.45, 7) is 12.6. The molecule has 2 amide bonds. The van der Waals surface area contributed by atoms with Crippen molar-refractivity contribution >= 4 is 23.3 Å². The molecule has 2 fully saturated rings. The number of hydrogen-bond acceptors (Lipinski definition) is 6. The first kappa shape index (κ1) is 23.0. The first-order valence-electron chi connectivity index (χ1n) is 11.1. The molecule has 1 aromatic heterocycles. The fourth-order valence-electron chi connectivity index (χ4n) is 4.21. The van der Waals surface area contributed by atoms with E-state index in [4.69, 9.17) is 4.74 Å². The number of amides is 2. The molecule has 168 valence electrons. The van der Waals surface area contributed by atoms with Gasteiger partial charge in [0.2, 0.25) is 5.91 Å². The lowest BCUT2D eigenvalue weighted by Gasteiger charge is -2.37. The van der Waals surface area contributed by atoms with Crippen LogP contribution >= 0.6 is 11.3 Å². The largest absolute Gasteiger partial charge is 0.444 e. The van der Waals surface area contributed by atoms with Crippen molar-refractivity contribution in [2.24, 2.45) is 11.8 Å². The molecule has 2 aliphatic heterocycles.